The molecule has 0 aliphatic carbocycles. The van der Waals surface area contributed by atoms with Crippen LogP contribution in [0.3, 0.4) is 0 Å². The molecule has 4 nitrogen and oxygen atoms in total. The molecule has 0 bridgehead atoms. The van der Waals surface area contributed by atoms with Gasteiger partial charge in [0.1, 0.15) is 18.2 Å². The van der Waals surface area contributed by atoms with E-state index in [1.54, 1.807) is 0 Å². The number of nitrogens with one attached hydrogen (secondary N) is 1. The van der Waals surface area contributed by atoms with E-state index in [4.69, 9.17) is 4.74 Å². The smallest absolute Gasteiger partial charge is 0.307 e. The van der Waals surface area contributed by atoms with Gasteiger partial charge in [0, 0.05) is 12.6 Å². The molecular formula is C18H17F2NO3. The Morgan fingerprint density at radius 3 is 2.62 bits per heavy atom. The Balaban J connectivity index is 1.75. The highest BCUT2D eigenvalue weighted by molar-refractivity contribution is 5.94. The van der Waals surface area contributed by atoms with Crippen LogP contribution in [0.2, 0.25) is 0 Å². The van der Waals surface area contributed by atoms with Crippen molar-refractivity contribution < 1.29 is 23.1 Å². The molecule has 0 atom stereocenters. The molecular weight excluding hydrogens is 316 g/mol. The van der Waals surface area contributed by atoms with Crippen molar-refractivity contribution in [2.24, 2.45) is 0 Å². The van der Waals surface area contributed by atoms with Gasteiger partial charge in [-0.15, -0.1) is 0 Å². The summed E-state index contributed by atoms with van der Waals surface area (Å²) in [5.41, 5.74) is 1.67. The number of rotatable bonds is 6. The first-order valence-corrected chi connectivity index (χ1v) is 7.40. The fourth-order valence-corrected chi connectivity index (χ4v) is 2.08. The summed E-state index contributed by atoms with van der Waals surface area (Å²) in [7, 11) is 0. The van der Waals surface area contributed by atoms with Crippen LogP contribution in [0.25, 0.3) is 0 Å². The SMILES string of the molecule is Cc1cccc(COC(=O)CCNC(=O)c2ccc(F)cc2F)c1. The van der Waals surface area contributed by atoms with E-state index in [0.717, 1.165) is 23.3 Å². The quantitative estimate of drug-likeness (QED) is 0.826. The van der Waals surface area contributed by atoms with Crippen LogP contribution >= 0.6 is 0 Å². The van der Waals surface area contributed by atoms with Gasteiger partial charge in [0.2, 0.25) is 0 Å². The molecule has 0 spiro atoms. The molecule has 6 heteroatoms. The molecule has 0 fully saturated rings. The van der Waals surface area contributed by atoms with E-state index in [1.165, 1.54) is 0 Å². The minimum atomic E-state index is -0.950. The van der Waals surface area contributed by atoms with E-state index >= 15 is 0 Å². The highest BCUT2D eigenvalue weighted by Gasteiger charge is 2.12. The van der Waals surface area contributed by atoms with Crippen LogP contribution in [0.5, 0.6) is 0 Å². The van der Waals surface area contributed by atoms with Gasteiger partial charge in [0.05, 0.1) is 12.0 Å². The van der Waals surface area contributed by atoms with Crippen molar-refractivity contribution >= 4 is 11.9 Å². The number of carbonyl (C=O) groups is 2. The van der Waals surface area contributed by atoms with Gasteiger partial charge in [-0.25, -0.2) is 8.78 Å². The van der Waals surface area contributed by atoms with Crippen molar-refractivity contribution in [1.82, 2.24) is 5.32 Å². The van der Waals surface area contributed by atoms with E-state index < -0.39 is 23.5 Å². The molecule has 2 aromatic carbocycles. The zero-order valence-corrected chi connectivity index (χ0v) is 13.1. The number of benzene rings is 2. The van der Waals surface area contributed by atoms with Crippen LogP contribution in [0, 0.1) is 18.6 Å². The lowest BCUT2D eigenvalue weighted by molar-refractivity contribution is -0.144. The second kappa shape index (κ2) is 8.19. The van der Waals surface area contributed by atoms with Crippen molar-refractivity contribution in [3.8, 4) is 0 Å². The van der Waals surface area contributed by atoms with E-state index in [1.807, 2.05) is 31.2 Å². The predicted octanol–water partition coefficient (Wildman–Crippen LogP) is 3.14. The van der Waals surface area contributed by atoms with E-state index in [2.05, 4.69) is 5.32 Å². The summed E-state index contributed by atoms with van der Waals surface area (Å²) in [6, 6.07) is 10.2. The first-order chi connectivity index (χ1) is 11.5. The van der Waals surface area contributed by atoms with E-state index in [-0.39, 0.29) is 25.1 Å². The molecule has 0 aliphatic heterocycles. The van der Waals surface area contributed by atoms with Crippen LogP contribution in [-0.4, -0.2) is 18.4 Å². The lowest BCUT2D eigenvalue weighted by Crippen LogP contribution is -2.27. The summed E-state index contributed by atoms with van der Waals surface area (Å²) >= 11 is 0. The Kier molecular flexibility index (Phi) is 6.01. The highest BCUT2D eigenvalue weighted by atomic mass is 19.1. The van der Waals surface area contributed by atoms with Crippen LogP contribution in [0.4, 0.5) is 8.78 Å². The van der Waals surface area contributed by atoms with Crippen molar-refractivity contribution in [2.45, 2.75) is 20.0 Å². The molecule has 0 saturated heterocycles. The molecule has 0 saturated carbocycles. The van der Waals surface area contributed by atoms with Crippen LogP contribution in [-0.2, 0) is 16.1 Å². The van der Waals surface area contributed by atoms with Crippen LogP contribution in [0.1, 0.15) is 27.9 Å². The molecule has 0 unspecified atom stereocenters. The third-order valence-corrected chi connectivity index (χ3v) is 3.27. The Labute approximate surface area is 138 Å². The maximum Gasteiger partial charge on any atom is 0.307 e. The number of aryl methyl sites for hydroxylation is 1. The van der Waals surface area contributed by atoms with Gasteiger partial charge in [0.15, 0.2) is 0 Å². The summed E-state index contributed by atoms with van der Waals surface area (Å²) in [6.45, 7) is 2.10. The van der Waals surface area contributed by atoms with E-state index in [0.29, 0.717) is 6.07 Å². The average molecular weight is 333 g/mol. The standard InChI is InChI=1S/C18H17F2NO3/c1-12-3-2-4-13(9-12)11-24-17(22)7-8-21-18(23)15-6-5-14(19)10-16(15)20/h2-6,9-10H,7-8,11H2,1H3,(H,21,23). The van der Waals surface area contributed by atoms with Gasteiger partial charge in [-0.3, -0.25) is 9.59 Å². The molecule has 1 amide bonds. The Bertz CT molecular complexity index is 747. The van der Waals surface area contributed by atoms with Gasteiger partial charge >= 0.3 is 5.97 Å². The number of hydrogen-bond donors (Lipinski definition) is 1. The third-order valence-electron chi connectivity index (χ3n) is 3.27. The fourth-order valence-electron chi connectivity index (χ4n) is 2.08. The van der Waals surface area contributed by atoms with Gasteiger partial charge in [-0.2, -0.15) is 0 Å². The Hall–Kier alpha value is -2.76. The maximum absolute atomic E-state index is 13.4. The summed E-state index contributed by atoms with van der Waals surface area (Å²) in [6.07, 6.45) is -0.0413. The minimum Gasteiger partial charge on any atom is -0.461 e. The summed E-state index contributed by atoms with van der Waals surface area (Å²) in [5, 5.41) is 2.40. The number of ether oxygens (including phenoxy) is 1. The Morgan fingerprint density at radius 2 is 1.92 bits per heavy atom. The number of hydrogen-bond acceptors (Lipinski definition) is 3. The zero-order valence-electron chi connectivity index (χ0n) is 13.1. The molecule has 1 N–H and O–H groups in total. The van der Waals surface area contributed by atoms with Crippen LogP contribution in [0.15, 0.2) is 42.5 Å². The zero-order chi connectivity index (χ0) is 17.5. The lowest BCUT2D eigenvalue weighted by Gasteiger charge is -2.07. The number of halogens is 2. The lowest BCUT2D eigenvalue weighted by atomic mass is 10.1. The molecule has 0 aromatic heterocycles. The largest absolute Gasteiger partial charge is 0.461 e. The van der Waals surface area contributed by atoms with Crippen molar-refractivity contribution in [2.75, 3.05) is 6.54 Å². The second-order valence-electron chi connectivity index (χ2n) is 5.28. The van der Waals surface area contributed by atoms with E-state index in [9.17, 15) is 18.4 Å². The van der Waals surface area contributed by atoms with Gasteiger partial charge < -0.3 is 10.1 Å². The second-order valence-corrected chi connectivity index (χ2v) is 5.28. The summed E-state index contributed by atoms with van der Waals surface area (Å²) in [5.74, 6) is -2.89. The molecule has 2 rings (SSSR count). The first-order valence-electron chi connectivity index (χ1n) is 7.40. The molecule has 0 radical (unpaired) electrons. The first kappa shape index (κ1) is 17.6. The fraction of sp³-hybridized carbons (Fsp3) is 0.222. The third kappa shape index (κ3) is 5.15. The normalized spacial score (nSPS) is 10.3. The molecule has 126 valence electrons. The summed E-state index contributed by atoms with van der Waals surface area (Å²) < 4.78 is 31.3. The topological polar surface area (TPSA) is 55.4 Å². The predicted molar refractivity (Wildman–Crippen MR) is 84.3 cm³/mol. The Morgan fingerprint density at radius 1 is 1.12 bits per heavy atom. The van der Waals surface area contributed by atoms with Gasteiger partial charge in [-0.1, -0.05) is 29.8 Å². The number of esters is 1. The molecule has 0 aliphatic rings. The molecule has 24 heavy (non-hydrogen) atoms. The molecule has 0 heterocycles. The minimum absolute atomic E-state index is 0.00228. The monoisotopic (exact) mass is 333 g/mol. The van der Waals surface area contributed by atoms with Gasteiger partial charge in [0.25, 0.3) is 5.91 Å². The number of carbonyl (C=O) groups excluding carboxylic acids is 2. The van der Waals surface area contributed by atoms with Gasteiger partial charge in [-0.05, 0) is 24.6 Å². The van der Waals surface area contributed by atoms with Crippen molar-refractivity contribution in [3.05, 3.63) is 70.8 Å². The average Bonchev–Trinajstić information content (AvgIpc) is 2.53. The maximum atomic E-state index is 13.4. The highest BCUT2D eigenvalue weighted by Crippen LogP contribution is 2.09. The number of amides is 1. The molecule has 2 aromatic rings. The van der Waals surface area contributed by atoms with Crippen molar-refractivity contribution in [1.29, 1.82) is 0 Å². The van der Waals surface area contributed by atoms with Crippen LogP contribution < -0.4 is 5.32 Å². The van der Waals surface area contributed by atoms with Crippen molar-refractivity contribution in [3.63, 3.8) is 0 Å². The summed E-state index contributed by atoms with van der Waals surface area (Å²) in [4.78, 5) is 23.4.